The predicted molar refractivity (Wildman–Crippen MR) is 60.0 cm³/mol. The van der Waals surface area contributed by atoms with E-state index in [1.807, 2.05) is 12.1 Å². The largest absolute Gasteiger partial charge is 0.476 e. The summed E-state index contributed by atoms with van der Waals surface area (Å²) in [6.45, 7) is 0. The minimum atomic E-state index is -1.05. The average Bonchev–Trinajstić information content (AvgIpc) is 2.67. The fraction of sp³-hybridized carbons (Fsp3) is 0. The number of rotatable bonds is 2. The van der Waals surface area contributed by atoms with Gasteiger partial charge in [-0.2, -0.15) is 8.75 Å². The standard InChI is InChI=1S/C9H5BrN2O2S/c10-6-3-1-5(2-4-6)7-8(9(13)14)12-15-11-7/h1-4H,(H,13,14). The van der Waals surface area contributed by atoms with Crippen molar-refractivity contribution in [2.75, 3.05) is 0 Å². The molecule has 0 bridgehead atoms. The normalized spacial score (nSPS) is 10.2. The van der Waals surface area contributed by atoms with Crippen molar-refractivity contribution in [1.29, 1.82) is 0 Å². The zero-order chi connectivity index (χ0) is 10.8. The first kappa shape index (κ1) is 10.3. The number of hydrogen-bond donors (Lipinski definition) is 1. The molecule has 0 amide bonds. The van der Waals surface area contributed by atoms with Crippen molar-refractivity contribution < 1.29 is 9.90 Å². The van der Waals surface area contributed by atoms with Crippen LogP contribution in [0, 0.1) is 0 Å². The van der Waals surface area contributed by atoms with Crippen LogP contribution in [-0.2, 0) is 0 Å². The summed E-state index contributed by atoms with van der Waals surface area (Å²) in [4.78, 5) is 10.8. The first-order chi connectivity index (χ1) is 7.18. The first-order valence-corrected chi connectivity index (χ1v) is 5.52. The maximum absolute atomic E-state index is 10.8. The number of nitrogens with zero attached hydrogens (tertiary/aromatic N) is 2. The third-order valence-corrected chi connectivity index (χ3v) is 2.87. The molecule has 76 valence electrons. The Labute approximate surface area is 98.0 Å². The molecule has 1 aromatic carbocycles. The van der Waals surface area contributed by atoms with Gasteiger partial charge >= 0.3 is 5.97 Å². The second-order valence-electron chi connectivity index (χ2n) is 2.77. The molecule has 0 aliphatic carbocycles. The fourth-order valence-electron chi connectivity index (χ4n) is 1.13. The maximum Gasteiger partial charge on any atom is 0.357 e. The van der Waals surface area contributed by atoms with Gasteiger partial charge in [0, 0.05) is 10.0 Å². The zero-order valence-electron chi connectivity index (χ0n) is 7.35. The van der Waals surface area contributed by atoms with Crippen LogP contribution in [0.2, 0.25) is 0 Å². The monoisotopic (exact) mass is 284 g/mol. The van der Waals surface area contributed by atoms with E-state index in [0.717, 1.165) is 21.8 Å². The Kier molecular flexibility index (Phi) is 2.79. The van der Waals surface area contributed by atoms with E-state index in [1.165, 1.54) is 0 Å². The minimum absolute atomic E-state index is 0.00215. The molecule has 15 heavy (non-hydrogen) atoms. The van der Waals surface area contributed by atoms with Crippen LogP contribution in [0.15, 0.2) is 28.7 Å². The van der Waals surface area contributed by atoms with Crippen molar-refractivity contribution in [1.82, 2.24) is 8.75 Å². The lowest BCUT2D eigenvalue weighted by Crippen LogP contribution is -1.98. The van der Waals surface area contributed by atoms with E-state index in [-0.39, 0.29) is 5.69 Å². The summed E-state index contributed by atoms with van der Waals surface area (Å²) in [5.74, 6) is -1.05. The van der Waals surface area contributed by atoms with Gasteiger partial charge in [0.1, 0.15) is 5.69 Å². The number of benzene rings is 1. The summed E-state index contributed by atoms with van der Waals surface area (Å²) in [6.07, 6.45) is 0. The summed E-state index contributed by atoms with van der Waals surface area (Å²) in [5.41, 5.74) is 1.17. The van der Waals surface area contributed by atoms with Crippen LogP contribution in [0.1, 0.15) is 10.5 Å². The highest BCUT2D eigenvalue weighted by atomic mass is 79.9. The Balaban J connectivity index is 2.49. The van der Waals surface area contributed by atoms with E-state index in [1.54, 1.807) is 12.1 Å². The van der Waals surface area contributed by atoms with Gasteiger partial charge in [0.2, 0.25) is 0 Å². The maximum atomic E-state index is 10.8. The van der Waals surface area contributed by atoms with Crippen LogP contribution in [0.4, 0.5) is 0 Å². The molecule has 2 rings (SSSR count). The van der Waals surface area contributed by atoms with Crippen molar-refractivity contribution >= 4 is 33.6 Å². The number of carboxylic acid groups (broad SMARTS) is 1. The molecule has 0 atom stereocenters. The third kappa shape index (κ3) is 2.05. The highest BCUT2D eigenvalue weighted by Gasteiger charge is 2.16. The SMILES string of the molecule is O=C(O)c1nsnc1-c1ccc(Br)cc1. The van der Waals surface area contributed by atoms with Crippen molar-refractivity contribution in [3.63, 3.8) is 0 Å². The van der Waals surface area contributed by atoms with Gasteiger partial charge in [-0.1, -0.05) is 28.1 Å². The quantitative estimate of drug-likeness (QED) is 0.921. The molecule has 0 saturated heterocycles. The molecule has 4 nitrogen and oxygen atoms in total. The molecule has 6 heteroatoms. The van der Waals surface area contributed by atoms with Gasteiger partial charge in [-0.05, 0) is 12.1 Å². The predicted octanol–water partition coefficient (Wildman–Crippen LogP) is 2.67. The van der Waals surface area contributed by atoms with Gasteiger partial charge in [-0.3, -0.25) is 0 Å². The summed E-state index contributed by atoms with van der Waals surface area (Å²) in [7, 11) is 0. The van der Waals surface area contributed by atoms with Crippen molar-refractivity contribution in [2.24, 2.45) is 0 Å². The molecule has 0 aliphatic heterocycles. The second kappa shape index (κ2) is 4.08. The van der Waals surface area contributed by atoms with Gasteiger partial charge in [-0.25, -0.2) is 4.79 Å². The molecule has 2 aromatic rings. The Morgan fingerprint density at radius 3 is 2.53 bits per heavy atom. The number of hydrogen-bond acceptors (Lipinski definition) is 4. The molecule has 0 radical (unpaired) electrons. The number of aromatic nitrogens is 2. The number of aromatic carboxylic acids is 1. The van der Waals surface area contributed by atoms with Gasteiger partial charge in [0.25, 0.3) is 0 Å². The van der Waals surface area contributed by atoms with Crippen LogP contribution in [0.5, 0.6) is 0 Å². The minimum Gasteiger partial charge on any atom is -0.476 e. The Morgan fingerprint density at radius 2 is 1.93 bits per heavy atom. The van der Waals surface area contributed by atoms with E-state index in [2.05, 4.69) is 24.7 Å². The summed E-state index contributed by atoms with van der Waals surface area (Å²) >= 11 is 4.21. The molecule has 0 saturated carbocycles. The van der Waals surface area contributed by atoms with Crippen LogP contribution in [0.25, 0.3) is 11.3 Å². The molecular weight excluding hydrogens is 280 g/mol. The van der Waals surface area contributed by atoms with E-state index in [9.17, 15) is 4.79 Å². The van der Waals surface area contributed by atoms with Crippen LogP contribution >= 0.6 is 27.7 Å². The summed E-state index contributed by atoms with van der Waals surface area (Å²) in [5, 5.41) is 8.87. The first-order valence-electron chi connectivity index (χ1n) is 4.00. The fourth-order valence-corrected chi connectivity index (χ4v) is 1.95. The number of carbonyl (C=O) groups is 1. The summed E-state index contributed by atoms with van der Waals surface area (Å²) in [6, 6.07) is 7.27. The van der Waals surface area contributed by atoms with E-state index in [4.69, 9.17) is 5.11 Å². The molecule has 1 N–H and O–H groups in total. The smallest absolute Gasteiger partial charge is 0.357 e. The lowest BCUT2D eigenvalue weighted by Gasteiger charge is -1.97. The highest BCUT2D eigenvalue weighted by molar-refractivity contribution is 9.10. The summed E-state index contributed by atoms with van der Waals surface area (Å²) < 4.78 is 8.64. The van der Waals surface area contributed by atoms with Gasteiger partial charge in [0.05, 0.1) is 11.7 Å². The Bertz CT molecular complexity index is 495. The lowest BCUT2D eigenvalue weighted by atomic mass is 10.1. The van der Waals surface area contributed by atoms with E-state index >= 15 is 0 Å². The molecule has 1 heterocycles. The second-order valence-corrected chi connectivity index (χ2v) is 4.22. The molecule has 0 spiro atoms. The number of carboxylic acids is 1. The van der Waals surface area contributed by atoms with E-state index < -0.39 is 5.97 Å². The van der Waals surface area contributed by atoms with Gasteiger partial charge in [0.15, 0.2) is 5.69 Å². The van der Waals surface area contributed by atoms with Crippen LogP contribution in [0.3, 0.4) is 0 Å². The highest BCUT2D eigenvalue weighted by Crippen LogP contribution is 2.23. The van der Waals surface area contributed by atoms with Crippen LogP contribution in [-0.4, -0.2) is 19.8 Å². The molecular formula is C9H5BrN2O2S. The van der Waals surface area contributed by atoms with Gasteiger partial charge < -0.3 is 5.11 Å². The van der Waals surface area contributed by atoms with E-state index in [0.29, 0.717) is 5.69 Å². The lowest BCUT2D eigenvalue weighted by molar-refractivity contribution is 0.0692. The molecule has 1 aromatic heterocycles. The molecule has 0 fully saturated rings. The average molecular weight is 285 g/mol. The topological polar surface area (TPSA) is 63.1 Å². The third-order valence-electron chi connectivity index (χ3n) is 1.81. The van der Waals surface area contributed by atoms with Crippen molar-refractivity contribution in [3.8, 4) is 11.3 Å². The van der Waals surface area contributed by atoms with Crippen molar-refractivity contribution in [3.05, 3.63) is 34.4 Å². The zero-order valence-corrected chi connectivity index (χ0v) is 9.75. The molecule has 0 aliphatic rings. The van der Waals surface area contributed by atoms with Crippen LogP contribution < -0.4 is 0 Å². The Morgan fingerprint density at radius 1 is 1.27 bits per heavy atom. The molecule has 0 unspecified atom stereocenters. The van der Waals surface area contributed by atoms with Crippen molar-refractivity contribution in [2.45, 2.75) is 0 Å². The Hall–Kier alpha value is -1.27. The van der Waals surface area contributed by atoms with Gasteiger partial charge in [-0.15, -0.1) is 0 Å². The number of halogens is 1.